The zero-order chi connectivity index (χ0) is 14.7. The molecule has 106 valence electrons. The molecule has 5 heteroatoms. The number of rotatable bonds is 4. The maximum Gasteiger partial charge on any atom is 0.387 e. The van der Waals surface area contributed by atoms with Gasteiger partial charge in [-0.2, -0.15) is 8.78 Å². The van der Waals surface area contributed by atoms with Crippen molar-refractivity contribution in [1.82, 2.24) is 0 Å². The molecule has 0 aliphatic heterocycles. The number of ether oxygens (including phenoxy) is 2. The molecule has 2 rings (SSSR count). The fourth-order valence-electron chi connectivity index (χ4n) is 1.68. The molecule has 0 saturated carbocycles. The van der Waals surface area contributed by atoms with Crippen molar-refractivity contribution < 1.29 is 23.0 Å². The van der Waals surface area contributed by atoms with Gasteiger partial charge in [0.25, 0.3) is 0 Å². The lowest BCUT2D eigenvalue weighted by molar-refractivity contribution is -0.137. The molecule has 0 fully saturated rings. The summed E-state index contributed by atoms with van der Waals surface area (Å²) in [6.07, 6.45) is 0. The van der Waals surface area contributed by atoms with Crippen LogP contribution in [0.3, 0.4) is 0 Å². The van der Waals surface area contributed by atoms with E-state index in [1.165, 1.54) is 12.1 Å². The number of hydrogen-bond acceptors (Lipinski definition) is 3. The molecule has 0 bridgehead atoms. The van der Waals surface area contributed by atoms with Crippen molar-refractivity contribution in [2.45, 2.75) is 20.5 Å². The molecular weight excluding hydrogens is 266 g/mol. The van der Waals surface area contributed by atoms with Crippen molar-refractivity contribution in [2.75, 3.05) is 0 Å². The summed E-state index contributed by atoms with van der Waals surface area (Å²) in [5.74, 6) is -0.131. The van der Waals surface area contributed by atoms with Gasteiger partial charge in [-0.1, -0.05) is 26.0 Å². The second kappa shape index (κ2) is 5.86. The molecule has 2 aromatic carbocycles. The van der Waals surface area contributed by atoms with E-state index in [1.54, 1.807) is 38.1 Å². The predicted molar refractivity (Wildman–Crippen MR) is 71.1 cm³/mol. The van der Waals surface area contributed by atoms with Crippen molar-refractivity contribution in [3.05, 3.63) is 36.4 Å². The van der Waals surface area contributed by atoms with Crippen LogP contribution < -0.4 is 9.47 Å². The molecule has 0 saturated heterocycles. The summed E-state index contributed by atoms with van der Waals surface area (Å²) in [5, 5.41) is 1.51. The van der Waals surface area contributed by atoms with Crippen LogP contribution in [0.4, 0.5) is 8.78 Å². The topological polar surface area (TPSA) is 35.5 Å². The molecular formula is C15H14F2O3. The molecule has 2 aromatic rings. The van der Waals surface area contributed by atoms with E-state index < -0.39 is 6.61 Å². The second-order valence-corrected chi connectivity index (χ2v) is 4.63. The molecule has 0 aromatic heterocycles. The average molecular weight is 280 g/mol. The van der Waals surface area contributed by atoms with Crippen LogP contribution in [-0.2, 0) is 4.79 Å². The van der Waals surface area contributed by atoms with Crippen molar-refractivity contribution in [3.8, 4) is 11.5 Å². The lowest BCUT2D eigenvalue weighted by atomic mass is 10.1. The van der Waals surface area contributed by atoms with Crippen LogP contribution in [0.25, 0.3) is 10.8 Å². The molecule has 0 amide bonds. The number of carbonyl (C=O) groups excluding carboxylic acids is 1. The highest BCUT2D eigenvalue weighted by Crippen LogP contribution is 2.26. The molecule has 0 aliphatic carbocycles. The molecule has 0 aliphatic rings. The van der Waals surface area contributed by atoms with Crippen LogP contribution in [0.1, 0.15) is 13.8 Å². The van der Waals surface area contributed by atoms with Gasteiger partial charge in [0.05, 0.1) is 5.92 Å². The third kappa shape index (κ3) is 3.44. The quantitative estimate of drug-likeness (QED) is 0.627. The largest absolute Gasteiger partial charge is 0.435 e. The van der Waals surface area contributed by atoms with E-state index in [-0.39, 0.29) is 17.6 Å². The smallest absolute Gasteiger partial charge is 0.387 e. The van der Waals surface area contributed by atoms with Gasteiger partial charge in [-0.3, -0.25) is 4.79 Å². The Morgan fingerprint density at radius 2 is 1.60 bits per heavy atom. The van der Waals surface area contributed by atoms with E-state index in [2.05, 4.69) is 4.74 Å². The minimum atomic E-state index is -2.87. The van der Waals surface area contributed by atoms with Crippen LogP contribution in [-0.4, -0.2) is 12.6 Å². The zero-order valence-electron chi connectivity index (χ0n) is 11.1. The number of hydrogen-bond donors (Lipinski definition) is 0. The maximum atomic E-state index is 12.2. The number of carbonyl (C=O) groups is 1. The Balaban J connectivity index is 2.29. The third-order valence-electron chi connectivity index (χ3n) is 2.70. The van der Waals surface area contributed by atoms with Crippen LogP contribution in [0.5, 0.6) is 11.5 Å². The first kappa shape index (κ1) is 14.2. The summed E-state index contributed by atoms with van der Waals surface area (Å²) in [7, 11) is 0. The second-order valence-electron chi connectivity index (χ2n) is 4.63. The minimum absolute atomic E-state index is 0.0693. The van der Waals surface area contributed by atoms with E-state index in [0.717, 1.165) is 5.39 Å². The van der Waals surface area contributed by atoms with Gasteiger partial charge in [-0.25, -0.2) is 0 Å². The first-order valence-electron chi connectivity index (χ1n) is 6.16. The van der Waals surface area contributed by atoms with Gasteiger partial charge in [0.15, 0.2) is 0 Å². The molecule has 3 nitrogen and oxygen atoms in total. The number of alkyl halides is 2. The van der Waals surface area contributed by atoms with Gasteiger partial charge in [0.1, 0.15) is 11.5 Å². The molecule has 0 atom stereocenters. The van der Waals surface area contributed by atoms with Gasteiger partial charge in [-0.05, 0) is 35.0 Å². The molecule has 0 spiro atoms. The first-order valence-corrected chi connectivity index (χ1v) is 6.16. The fourth-order valence-corrected chi connectivity index (χ4v) is 1.68. The summed E-state index contributed by atoms with van der Waals surface area (Å²) < 4.78 is 33.9. The predicted octanol–water partition coefficient (Wildman–Crippen LogP) is 4.00. The van der Waals surface area contributed by atoms with E-state index in [0.29, 0.717) is 11.1 Å². The monoisotopic (exact) mass is 280 g/mol. The molecule has 0 radical (unpaired) electrons. The van der Waals surface area contributed by atoms with Crippen LogP contribution in [0, 0.1) is 5.92 Å². The van der Waals surface area contributed by atoms with Crippen molar-refractivity contribution in [2.24, 2.45) is 5.92 Å². The summed E-state index contributed by atoms with van der Waals surface area (Å²) in [4.78, 5) is 11.5. The molecule has 0 N–H and O–H groups in total. The summed E-state index contributed by atoms with van der Waals surface area (Å²) >= 11 is 0. The van der Waals surface area contributed by atoms with Crippen molar-refractivity contribution in [1.29, 1.82) is 0 Å². The van der Waals surface area contributed by atoms with E-state index >= 15 is 0 Å². The van der Waals surface area contributed by atoms with Gasteiger partial charge in [0.2, 0.25) is 0 Å². The number of halogens is 2. The number of fused-ring (bicyclic) bond motifs is 1. The number of esters is 1. The Morgan fingerprint density at radius 3 is 2.20 bits per heavy atom. The molecule has 20 heavy (non-hydrogen) atoms. The van der Waals surface area contributed by atoms with E-state index in [9.17, 15) is 13.6 Å². The standard InChI is InChI=1S/C15H14F2O3/c1-9(2)14(18)19-12-5-3-10-4-6-13(20-15(16)17)8-11(10)7-12/h3-9,15H,1-2H3. The average Bonchev–Trinajstić information content (AvgIpc) is 2.37. The third-order valence-corrected chi connectivity index (χ3v) is 2.70. The fraction of sp³-hybridized carbons (Fsp3) is 0.267. The lowest BCUT2D eigenvalue weighted by Gasteiger charge is -2.09. The van der Waals surface area contributed by atoms with Crippen LogP contribution >= 0.6 is 0 Å². The Hall–Kier alpha value is -2.17. The lowest BCUT2D eigenvalue weighted by Crippen LogP contribution is -2.14. The SMILES string of the molecule is CC(C)C(=O)Oc1ccc2ccc(OC(F)F)cc2c1. The number of benzene rings is 2. The highest BCUT2D eigenvalue weighted by Gasteiger charge is 2.10. The van der Waals surface area contributed by atoms with E-state index in [4.69, 9.17) is 4.74 Å². The minimum Gasteiger partial charge on any atom is -0.435 e. The summed E-state index contributed by atoms with van der Waals surface area (Å²) in [5.41, 5.74) is 0. The van der Waals surface area contributed by atoms with Crippen LogP contribution in [0.2, 0.25) is 0 Å². The zero-order valence-corrected chi connectivity index (χ0v) is 11.1. The Morgan fingerprint density at radius 1 is 1.00 bits per heavy atom. The van der Waals surface area contributed by atoms with Crippen LogP contribution in [0.15, 0.2) is 36.4 Å². The highest BCUT2D eigenvalue weighted by atomic mass is 19.3. The Labute approximate surface area is 115 Å². The molecule has 0 unspecified atom stereocenters. The normalized spacial score (nSPS) is 11.1. The van der Waals surface area contributed by atoms with Gasteiger partial charge in [-0.15, -0.1) is 0 Å². The Kier molecular flexibility index (Phi) is 4.17. The highest BCUT2D eigenvalue weighted by molar-refractivity contribution is 5.86. The summed E-state index contributed by atoms with van der Waals surface area (Å²) in [6.45, 7) is 0.602. The molecule has 0 heterocycles. The van der Waals surface area contributed by atoms with Gasteiger partial charge < -0.3 is 9.47 Å². The van der Waals surface area contributed by atoms with Gasteiger partial charge in [0, 0.05) is 0 Å². The first-order chi connectivity index (χ1) is 9.45. The van der Waals surface area contributed by atoms with Crippen molar-refractivity contribution in [3.63, 3.8) is 0 Å². The van der Waals surface area contributed by atoms with Gasteiger partial charge >= 0.3 is 12.6 Å². The van der Waals surface area contributed by atoms with E-state index in [1.807, 2.05) is 0 Å². The summed E-state index contributed by atoms with van der Waals surface area (Å²) in [6, 6.07) is 9.65. The van der Waals surface area contributed by atoms with Crippen molar-refractivity contribution >= 4 is 16.7 Å². The Bertz CT molecular complexity index is 624. The maximum absolute atomic E-state index is 12.2.